The Morgan fingerprint density at radius 1 is 0.436 bits per heavy atom. The van der Waals surface area contributed by atoms with Gasteiger partial charge < -0.3 is 4.57 Å². The molecule has 7 aromatic carbocycles. The number of rotatable bonds is 7. The molecule has 2 aromatic heterocycles. The van der Waals surface area contributed by atoms with E-state index in [2.05, 4.69) is 132 Å². The molecule has 0 bridgehead atoms. The summed E-state index contributed by atoms with van der Waals surface area (Å²) in [7, 11) is 0. The van der Waals surface area contributed by atoms with Gasteiger partial charge in [-0.2, -0.15) is 0 Å². The molecule has 1 aliphatic carbocycles. The summed E-state index contributed by atoms with van der Waals surface area (Å²) in [5.41, 5.74) is 14.6. The predicted octanol–water partition coefficient (Wildman–Crippen LogP) is 12.2. The quantitative estimate of drug-likeness (QED) is 0.166. The van der Waals surface area contributed by atoms with Gasteiger partial charge >= 0.3 is 0 Å². The second kappa shape index (κ2) is 13.9. The minimum atomic E-state index is 0.560. The summed E-state index contributed by atoms with van der Waals surface area (Å²) in [4.78, 5) is 14.7. The molecule has 0 fully saturated rings. The van der Waals surface area contributed by atoms with E-state index in [0.29, 0.717) is 17.5 Å². The van der Waals surface area contributed by atoms with Crippen LogP contribution < -0.4 is 0 Å². The molecule has 0 saturated heterocycles. The first-order chi connectivity index (χ1) is 27.3. The van der Waals surface area contributed by atoms with E-state index in [1.807, 2.05) is 66.7 Å². The molecule has 1 aliphatic rings. The van der Waals surface area contributed by atoms with E-state index in [-0.39, 0.29) is 0 Å². The van der Waals surface area contributed by atoms with E-state index >= 15 is 0 Å². The van der Waals surface area contributed by atoms with Crippen molar-refractivity contribution < 1.29 is 0 Å². The first-order valence-electron chi connectivity index (χ1n) is 18.7. The minimum Gasteiger partial charge on any atom is -0.312 e. The summed E-state index contributed by atoms with van der Waals surface area (Å²) in [5.74, 6) is 1.80. The SMILES string of the molecule is c1c(-c2nc(-c3ccccc3)nc(-c3ccccc3)n2)ccc(-c2ccccc2-n2c3c(c4cc(-c5ccccc5)ccc42)C=C(c2ccccc2)CC3)c#1. The van der Waals surface area contributed by atoms with Crippen LogP contribution in [-0.4, -0.2) is 19.5 Å². The summed E-state index contributed by atoms with van der Waals surface area (Å²) in [5, 5.41) is 1.25. The van der Waals surface area contributed by atoms with Gasteiger partial charge in [-0.25, -0.2) is 15.0 Å². The number of benzene rings is 6. The number of para-hydroxylation sites is 1. The van der Waals surface area contributed by atoms with E-state index in [4.69, 9.17) is 15.0 Å². The van der Waals surface area contributed by atoms with Crippen molar-refractivity contribution in [3.05, 3.63) is 205 Å². The molecule has 0 radical (unpaired) electrons. The Bertz CT molecular complexity index is 2760. The lowest BCUT2D eigenvalue weighted by molar-refractivity contribution is 0.899. The van der Waals surface area contributed by atoms with Crippen molar-refractivity contribution in [3.63, 3.8) is 0 Å². The Labute approximate surface area is 320 Å². The van der Waals surface area contributed by atoms with Gasteiger partial charge in [-0.3, -0.25) is 0 Å². The van der Waals surface area contributed by atoms with E-state index in [1.165, 1.54) is 44.4 Å². The highest BCUT2D eigenvalue weighted by Crippen LogP contribution is 2.41. The van der Waals surface area contributed by atoms with Crippen molar-refractivity contribution >= 4 is 22.6 Å². The third-order valence-corrected chi connectivity index (χ3v) is 10.4. The molecule has 4 nitrogen and oxygen atoms in total. The zero-order valence-electron chi connectivity index (χ0n) is 30.0. The van der Waals surface area contributed by atoms with Crippen molar-refractivity contribution in [2.24, 2.45) is 0 Å². The van der Waals surface area contributed by atoms with E-state index in [1.54, 1.807) is 0 Å². The molecule has 0 saturated carbocycles. The highest BCUT2D eigenvalue weighted by Gasteiger charge is 2.24. The van der Waals surface area contributed by atoms with Crippen LogP contribution in [0.1, 0.15) is 23.2 Å². The number of hydrogen-bond donors (Lipinski definition) is 0. The molecular weight excluding hydrogens is 669 g/mol. The van der Waals surface area contributed by atoms with Crippen LogP contribution in [0.2, 0.25) is 0 Å². The summed E-state index contributed by atoms with van der Waals surface area (Å²) in [6.45, 7) is 0. The van der Waals surface area contributed by atoms with Crippen LogP contribution in [0, 0.1) is 12.1 Å². The Morgan fingerprint density at radius 2 is 0.982 bits per heavy atom. The van der Waals surface area contributed by atoms with Gasteiger partial charge in [-0.05, 0) is 71.5 Å². The molecule has 0 unspecified atom stereocenters. The highest BCUT2D eigenvalue weighted by atomic mass is 15.0. The van der Waals surface area contributed by atoms with Gasteiger partial charge in [0, 0.05) is 38.9 Å². The molecule has 0 spiro atoms. The molecule has 0 amide bonds. The second-order valence-corrected chi connectivity index (χ2v) is 13.8. The fraction of sp³-hybridized carbons (Fsp3) is 0.0392. The third kappa shape index (κ3) is 6.08. The Morgan fingerprint density at radius 3 is 1.62 bits per heavy atom. The Kier molecular flexibility index (Phi) is 8.16. The molecule has 10 rings (SSSR count). The second-order valence-electron chi connectivity index (χ2n) is 13.8. The van der Waals surface area contributed by atoms with Gasteiger partial charge in [0.2, 0.25) is 0 Å². The number of hydrogen-bond acceptors (Lipinski definition) is 3. The van der Waals surface area contributed by atoms with Crippen LogP contribution in [0.3, 0.4) is 0 Å². The maximum atomic E-state index is 4.92. The maximum absolute atomic E-state index is 4.92. The molecule has 0 atom stereocenters. The summed E-state index contributed by atoms with van der Waals surface area (Å²) >= 11 is 0. The third-order valence-electron chi connectivity index (χ3n) is 10.4. The zero-order chi connectivity index (χ0) is 36.6. The van der Waals surface area contributed by atoms with E-state index in [0.717, 1.165) is 46.3 Å². The largest absolute Gasteiger partial charge is 0.312 e. The first kappa shape index (κ1) is 32.3. The van der Waals surface area contributed by atoms with Crippen molar-refractivity contribution in [1.82, 2.24) is 19.5 Å². The monoisotopic (exact) mass is 702 g/mol. The standard InChI is InChI=1S/C51H34N4/c1-5-15-35(16-6-1)41-29-31-47-44(33-41)45-34-42(36-17-7-2-8-18-36)30-32-48(45)55(47)46-24-14-13-23-43(46)37-25-27-40(28-26-37)51-53-49(38-19-9-3-10-20-38)52-50(54-51)39-21-11-4-12-22-39/h1-25,27,29,31,33-34H,30,32H2. The lowest BCUT2D eigenvalue weighted by atomic mass is 9.91. The van der Waals surface area contributed by atoms with E-state index < -0.39 is 0 Å². The van der Waals surface area contributed by atoms with Crippen LogP contribution in [0.25, 0.3) is 84.7 Å². The number of aromatic nitrogens is 4. The zero-order valence-corrected chi connectivity index (χ0v) is 30.0. The molecule has 9 aromatic rings. The van der Waals surface area contributed by atoms with Gasteiger partial charge in [-0.1, -0.05) is 158 Å². The Hall–Kier alpha value is -7.35. The van der Waals surface area contributed by atoms with Crippen LogP contribution in [-0.2, 0) is 6.42 Å². The van der Waals surface area contributed by atoms with Crippen LogP contribution in [0.4, 0.5) is 0 Å². The lowest BCUT2D eigenvalue weighted by Gasteiger charge is -2.19. The molecule has 55 heavy (non-hydrogen) atoms. The number of allylic oxidation sites excluding steroid dienone is 1. The van der Waals surface area contributed by atoms with Crippen LogP contribution in [0.15, 0.2) is 176 Å². The summed E-state index contributed by atoms with van der Waals surface area (Å²) in [6, 6.07) is 68.1. The van der Waals surface area contributed by atoms with Gasteiger partial charge in [0.1, 0.15) is 0 Å². The fourth-order valence-electron chi connectivity index (χ4n) is 7.74. The van der Waals surface area contributed by atoms with Gasteiger partial charge in [0.05, 0.1) is 16.8 Å². The fourth-order valence-corrected chi connectivity index (χ4v) is 7.74. The predicted molar refractivity (Wildman–Crippen MR) is 224 cm³/mol. The van der Waals surface area contributed by atoms with Gasteiger partial charge in [-0.15, -0.1) is 0 Å². The molecule has 2 heterocycles. The molecule has 0 aliphatic heterocycles. The van der Waals surface area contributed by atoms with Crippen LogP contribution in [0.5, 0.6) is 0 Å². The van der Waals surface area contributed by atoms with Crippen LogP contribution >= 0.6 is 0 Å². The average Bonchev–Trinajstić information content (AvgIpc) is 3.60. The smallest absolute Gasteiger partial charge is 0.172 e. The van der Waals surface area contributed by atoms with Crippen molar-refractivity contribution in [1.29, 1.82) is 0 Å². The normalized spacial score (nSPS) is 12.2. The van der Waals surface area contributed by atoms with Crippen molar-refractivity contribution in [3.8, 4) is 62.1 Å². The lowest BCUT2D eigenvalue weighted by Crippen LogP contribution is -2.06. The number of nitrogens with zero attached hydrogens (tertiary/aromatic N) is 4. The van der Waals surface area contributed by atoms with E-state index in [9.17, 15) is 0 Å². The maximum Gasteiger partial charge on any atom is 0.172 e. The molecular formula is C51H34N4. The van der Waals surface area contributed by atoms with Crippen molar-refractivity contribution in [2.75, 3.05) is 0 Å². The first-order valence-corrected chi connectivity index (χ1v) is 18.7. The number of fused-ring (bicyclic) bond motifs is 3. The van der Waals surface area contributed by atoms with Gasteiger partial charge in [0.15, 0.2) is 17.5 Å². The van der Waals surface area contributed by atoms with Crippen molar-refractivity contribution in [2.45, 2.75) is 12.8 Å². The summed E-state index contributed by atoms with van der Waals surface area (Å²) < 4.78 is 2.47. The molecule has 4 heteroatoms. The summed E-state index contributed by atoms with van der Waals surface area (Å²) in [6.07, 6.45) is 4.32. The molecule has 258 valence electrons. The topological polar surface area (TPSA) is 43.6 Å². The average molecular weight is 703 g/mol. The minimum absolute atomic E-state index is 0.560. The Balaban J connectivity index is 1.09. The molecule has 0 N–H and O–H groups in total. The van der Waals surface area contributed by atoms with Gasteiger partial charge in [0.25, 0.3) is 0 Å². The highest BCUT2D eigenvalue weighted by molar-refractivity contribution is 6.01.